The van der Waals surface area contributed by atoms with Crippen LogP contribution in [0.5, 0.6) is 0 Å². The van der Waals surface area contributed by atoms with Crippen LogP contribution in [0.3, 0.4) is 0 Å². The summed E-state index contributed by atoms with van der Waals surface area (Å²) in [7, 11) is 0. The first kappa shape index (κ1) is 16.0. The first-order valence-electron chi connectivity index (χ1n) is 8.80. The number of carbonyl (C=O) groups is 1. The Hall–Kier alpha value is -3.19. The Bertz CT molecular complexity index is 1210. The van der Waals surface area contributed by atoms with Crippen LogP contribution in [0.15, 0.2) is 35.1 Å². The van der Waals surface area contributed by atoms with Crippen LogP contribution >= 0.6 is 0 Å². The predicted molar refractivity (Wildman–Crippen MR) is 98.9 cm³/mol. The molecule has 0 bridgehead atoms. The molecule has 2 aliphatic rings. The number of pyridine rings is 2. The predicted octanol–water partition coefficient (Wildman–Crippen LogP) is 1.66. The Balaban J connectivity index is 1.87. The second-order valence-electron chi connectivity index (χ2n) is 6.99. The highest BCUT2D eigenvalue weighted by Gasteiger charge is 2.47. The molecule has 2 aliphatic heterocycles. The Kier molecular flexibility index (Phi) is 3.07. The fourth-order valence-electron chi connectivity index (χ4n) is 4.15. The molecule has 1 unspecified atom stereocenters. The number of nitrogen functional groups attached to an aromatic ring is 1. The van der Waals surface area contributed by atoms with Crippen LogP contribution in [0, 0.1) is 0 Å². The number of hydrogen-bond donors (Lipinski definition) is 2. The lowest BCUT2D eigenvalue weighted by Gasteiger charge is -2.33. The molecule has 2 aromatic heterocycles. The molecular formula is C20H17N3O4. The summed E-state index contributed by atoms with van der Waals surface area (Å²) < 4.78 is 6.63. The van der Waals surface area contributed by atoms with E-state index in [0.717, 1.165) is 16.5 Å². The number of fused-ring (bicyclic) bond motifs is 5. The van der Waals surface area contributed by atoms with E-state index in [4.69, 9.17) is 15.5 Å². The van der Waals surface area contributed by atoms with Crippen LogP contribution in [-0.2, 0) is 28.3 Å². The number of hydrogen-bond acceptors (Lipinski definition) is 6. The SMILES string of the molecule is CCC1(O)C(=O)OCc2c1c(N)c1n(c2=O)Cc2cc3ccccc3nc2-1. The number of anilines is 1. The van der Waals surface area contributed by atoms with E-state index in [0.29, 0.717) is 17.9 Å². The smallest absolute Gasteiger partial charge is 0.343 e. The summed E-state index contributed by atoms with van der Waals surface area (Å²) in [6, 6.07) is 9.68. The molecule has 1 atom stereocenters. The first-order valence-corrected chi connectivity index (χ1v) is 8.80. The minimum absolute atomic E-state index is 0.0595. The van der Waals surface area contributed by atoms with Crippen molar-refractivity contribution in [2.45, 2.75) is 32.1 Å². The molecule has 0 amide bonds. The van der Waals surface area contributed by atoms with Gasteiger partial charge in [0, 0.05) is 16.5 Å². The van der Waals surface area contributed by atoms with Crippen molar-refractivity contribution in [1.29, 1.82) is 0 Å². The molecule has 3 N–H and O–H groups in total. The van der Waals surface area contributed by atoms with Crippen molar-refractivity contribution in [2.24, 2.45) is 0 Å². The van der Waals surface area contributed by atoms with Gasteiger partial charge in [-0.1, -0.05) is 25.1 Å². The van der Waals surface area contributed by atoms with Gasteiger partial charge in [-0.25, -0.2) is 9.78 Å². The molecule has 136 valence electrons. The molecule has 1 aromatic carbocycles. The van der Waals surface area contributed by atoms with Gasteiger partial charge < -0.3 is 20.1 Å². The van der Waals surface area contributed by atoms with Gasteiger partial charge in [0.1, 0.15) is 6.61 Å². The number of cyclic esters (lactones) is 1. The summed E-state index contributed by atoms with van der Waals surface area (Å²) >= 11 is 0. The van der Waals surface area contributed by atoms with E-state index in [9.17, 15) is 14.7 Å². The van der Waals surface area contributed by atoms with Crippen molar-refractivity contribution >= 4 is 22.6 Å². The van der Waals surface area contributed by atoms with Crippen molar-refractivity contribution in [3.63, 3.8) is 0 Å². The number of carbonyl (C=O) groups excluding carboxylic acids is 1. The van der Waals surface area contributed by atoms with Crippen LogP contribution in [0.2, 0.25) is 0 Å². The molecule has 0 fully saturated rings. The average Bonchev–Trinajstić information content (AvgIpc) is 3.05. The molecule has 27 heavy (non-hydrogen) atoms. The maximum Gasteiger partial charge on any atom is 0.343 e. The molecule has 4 heterocycles. The number of esters is 1. The lowest BCUT2D eigenvalue weighted by molar-refractivity contribution is -0.172. The molecule has 7 nitrogen and oxygen atoms in total. The van der Waals surface area contributed by atoms with E-state index in [1.807, 2.05) is 30.3 Å². The minimum atomic E-state index is -1.92. The van der Waals surface area contributed by atoms with Gasteiger partial charge in [0.25, 0.3) is 5.56 Å². The third-order valence-electron chi connectivity index (χ3n) is 5.57. The lowest BCUT2D eigenvalue weighted by Crippen LogP contribution is -2.45. The zero-order chi connectivity index (χ0) is 18.9. The minimum Gasteiger partial charge on any atom is -0.458 e. The number of rotatable bonds is 1. The van der Waals surface area contributed by atoms with Gasteiger partial charge in [0.05, 0.1) is 34.7 Å². The van der Waals surface area contributed by atoms with Gasteiger partial charge in [-0.2, -0.15) is 0 Å². The van der Waals surface area contributed by atoms with Crippen LogP contribution < -0.4 is 11.3 Å². The first-order chi connectivity index (χ1) is 13.0. The Morgan fingerprint density at radius 1 is 1.33 bits per heavy atom. The number of para-hydroxylation sites is 1. The normalized spacial score (nSPS) is 20.1. The fourth-order valence-corrected chi connectivity index (χ4v) is 4.15. The summed E-state index contributed by atoms with van der Waals surface area (Å²) in [5.41, 5.74) is 7.56. The third-order valence-corrected chi connectivity index (χ3v) is 5.57. The average molecular weight is 363 g/mol. The van der Waals surface area contributed by atoms with Crippen molar-refractivity contribution in [3.8, 4) is 11.4 Å². The highest BCUT2D eigenvalue weighted by molar-refractivity contribution is 5.91. The van der Waals surface area contributed by atoms with E-state index >= 15 is 0 Å². The Morgan fingerprint density at radius 2 is 2.11 bits per heavy atom. The van der Waals surface area contributed by atoms with Crippen molar-refractivity contribution in [1.82, 2.24) is 9.55 Å². The maximum atomic E-state index is 13.1. The van der Waals surface area contributed by atoms with Crippen LogP contribution in [-0.4, -0.2) is 20.6 Å². The highest BCUT2D eigenvalue weighted by Crippen LogP contribution is 2.43. The van der Waals surface area contributed by atoms with Crippen molar-refractivity contribution < 1.29 is 14.6 Å². The molecule has 0 spiro atoms. The standard InChI is InChI=1S/C20H17N3O4/c1-2-20(26)14-12(9-27-19(20)25)18(24)23-8-11-7-10-5-3-4-6-13(10)22-16(11)17(23)15(14)21/h3-7,26H,2,8-9,21H2,1H3. The molecule has 0 saturated carbocycles. The lowest BCUT2D eigenvalue weighted by atomic mass is 9.84. The summed E-state index contributed by atoms with van der Waals surface area (Å²) in [6.07, 6.45) is 0.0595. The molecule has 0 saturated heterocycles. The Morgan fingerprint density at radius 3 is 2.89 bits per heavy atom. The second-order valence-corrected chi connectivity index (χ2v) is 6.99. The molecule has 3 aromatic rings. The van der Waals surface area contributed by atoms with Crippen LogP contribution in [0.1, 0.15) is 30.0 Å². The second kappa shape index (κ2) is 5.17. The number of aromatic nitrogens is 2. The molecular weight excluding hydrogens is 346 g/mol. The Labute approximate surface area is 154 Å². The van der Waals surface area contributed by atoms with Gasteiger partial charge in [-0.15, -0.1) is 0 Å². The number of ether oxygens (including phenoxy) is 1. The third kappa shape index (κ3) is 1.92. The van der Waals surface area contributed by atoms with Gasteiger partial charge in [0.15, 0.2) is 5.60 Å². The summed E-state index contributed by atoms with van der Waals surface area (Å²) in [5.74, 6) is -0.779. The van der Waals surface area contributed by atoms with Crippen molar-refractivity contribution in [2.75, 3.05) is 5.73 Å². The summed E-state index contributed by atoms with van der Waals surface area (Å²) in [6.45, 7) is 1.81. The van der Waals surface area contributed by atoms with E-state index < -0.39 is 11.6 Å². The largest absolute Gasteiger partial charge is 0.458 e. The molecule has 0 radical (unpaired) electrons. The van der Waals surface area contributed by atoms with E-state index in [1.165, 1.54) is 0 Å². The van der Waals surface area contributed by atoms with Gasteiger partial charge in [-0.05, 0) is 18.6 Å². The van der Waals surface area contributed by atoms with Crippen LogP contribution in [0.4, 0.5) is 5.69 Å². The number of nitrogens with two attached hydrogens (primary N) is 1. The van der Waals surface area contributed by atoms with Crippen LogP contribution in [0.25, 0.3) is 22.3 Å². The van der Waals surface area contributed by atoms with Crippen molar-refractivity contribution in [3.05, 3.63) is 57.4 Å². The van der Waals surface area contributed by atoms with Gasteiger partial charge in [-0.3, -0.25) is 4.79 Å². The maximum absolute atomic E-state index is 13.1. The molecule has 5 rings (SSSR count). The quantitative estimate of drug-likeness (QED) is 0.498. The number of aliphatic hydroxyl groups is 1. The van der Waals surface area contributed by atoms with Gasteiger partial charge >= 0.3 is 5.97 Å². The highest BCUT2D eigenvalue weighted by atomic mass is 16.6. The summed E-state index contributed by atoms with van der Waals surface area (Å²) in [5, 5.41) is 11.9. The number of benzene rings is 1. The van der Waals surface area contributed by atoms with Gasteiger partial charge in [0.2, 0.25) is 0 Å². The zero-order valence-corrected chi connectivity index (χ0v) is 14.7. The topological polar surface area (TPSA) is 107 Å². The molecule has 7 heteroatoms. The molecule has 0 aliphatic carbocycles. The van der Waals surface area contributed by atoms with E-state index in [1.54, 1.807) is 11.5 Å². The van der Waals surface area contributed by atoms with E-state index in [2.05, 4.69) is 0 Å². The summed E-state index contributed by atoms with van der Waals surface area (Å²) in [4.78, 5) is 30.1. The fraction of sp³-hybridized carbons (Fsp3) is 0.250. The zero-order valence-electron chi connectivity index (χ0n) is 14.7. The monoisotopic (exact) mass is 363 g/mol. The number of nitrogens with zero attached hydrogens (tertiary/aromatic N) is 2. The van der Waals surface area contributed by atoms with E-state index in [-0.39, 0.29) is 35.4 Å².